The molecule has 0 bridgehead atoms. The van der Waals surface area contributed by atoms with Gasteiger partial charge in [0.1, 0.15) is 0 Å². The first-order chi connectivity index (χ1) is 6.77. The molecule has 2 fully saturated rings. The molecule has 14 heavy (non-hydrogen) atoms. The van der Waals surface area contributed by atoms with Crippen LogP contribution in [0.5, 0.6) is 0 Å². The molecule has 74 valence electrons. The summed E-state index contributed by atoms with van der Waals surface area (Å²) in [5.74, 6) is 0. The average Bonchev–Trinajstić information content (AvgIpc) is 2.87. The van der Waals surface area contributed by atoms with Gasteiger partial charge in [-0.1, -0.05) is 43.2 Å². The predicted octanol–water partition coefficient (Wildman–Crippen LogP) is 2.60. The van der Waals surface area contributed by atoms with Crippen LogP contribution in [0, 0.1) is 0 Å². The molecule has 0 spiro atoms. The molecular weight excluding hydrogens is 170 g/mol. The van der Waals surface area contributed by atoms with Crippen LogP contribution in [0.15, 0.2) is 30.3 Å². The zero-order chi connectivity index (χ0) is 9.65. The second-order valence-corrected chi connectivity index (χ2v) is 4.99. The predicted molar refractivity (Wildman–Crippen MR) is 58.1 cm³/mol. The van der Waals surface area contributed by atoms with Gasteiger partial charge in [0.25, 0.3) is 0 Å². The van der Waals surface area contributed by atoms with Crippen molar-refractivity contribution in [1.82, 2.24) is 0 Å². The van der Waals surface area contributed by atoms with Crippen molar-refractivity contribution >= 4 is 0 Å². The summed E-state index contributed by atoms with van der Waals surface area (Å²) in [4.78, 5) is 0. The summed E-state index contributed by atoms with van der Waals surface area (Å²) in [5, 5.41) is 0. The molecule has 0 radical (unpaired) electrons. The molecule has 0 aromatic heterocycles. The van der Waals surface area contributed by atoms with Crippen molar-refractivity contribution < 1.29 is 0 Å². The Labute approximate surface area is 85.3 Å². The fourth-order valence-corrected chi connectivity index (χ4v) is 3.32. The summed E-state index contributed by atoms with van der Waals surface area (Å²) in [6.07, 6.45) is 6.42. The van der Waals surface area contributed by atoms with Gasteiger partial charge in [-0.15, -0.1) is 0 Å². The minimum Gasteiger partial charge on any atom is -0.324 e. The Hall–Kier alpha value is -0.820. The van der Waals surface area contributed by atoms with Crippen LogP contribution < -0.4 is 5.73 Å². The maximum absolute atomic E-state index is 6.42. The molecule has 3 rings (SSSR count). The zero-order valence-electron chi connectivity index (χ0n) is 8.50. The SMILES string of the molecule is N[C@@]12CCCC[C@@]1(c1ccccc1)C2. The summed E-state index contributed by atoms with van der Waals surface area (Å²) in [6.45, 7) is 0. The van der Waals surface area contributed by atoms with Crippen LogP contribution in [0.1, 0.15) is 37.7 Å². The first-order valence-corrected chi connectivity index (χ1v) is 5.61. The Morgan fingerprint density at radius 2 is 1.71 bits per heavy atom. The normalized spacial score (nSPS) is 40.4. The van der Waals surface area contributed by atoms with Crippen molar-refractivity contribution in [3.05, 3.63) is 35.9 Å². The van der Waals surface area contributed by atoms with Gasteiger partial charge in [-0.3, -0.25) is 0 Å². The van der Waals surface area contributed by atoms with Crippen molar-refractivity contribution in [1.29, 1.82) is 0 Å². The van der Waals surface area contributed by atoms with Gasteiger partial charge in [0.2, 0.25) is 0 Å². The summed E-state index contributed by atoms with van der Waals surface area (Å²) >= 11 is 0. The van der Waals surface area contributed by atoms with Crippen LogP contribution in [0.3, 0.4) is 0 Å². The quantitative estimate of drug-likeness (QED) is 0.718. The highest BCUT2D eigenvalue weighted by Crippen LogP contribution is 2.63. The first-order valence-electron chi connectivity index (χ1n) is 5.61. The molecule has 2 saturated carbocycles. The highest BCUT2D eigenvalue weighted by Gasteiger charge is 2.65. The third-order valence-electron chi connectivity index (χ3n) is 4.25. The van der Waals surface area contributed by atoms with Crippen LogP contribution in [-0.4, -0.2) is 5.54 Å². The van der Waals surface area contributed by atoms with Crippen molar-refractivity contribution in [3.8, 4) is 0 Å². The summed E-state index contributed by atoms with van der Waals surface area (Å²) in [6, 6.07) is 10.9. The largest absolute Gasteiger partial charge is 0.324 e. The second-order valence-electron chi connectivity index (χ2n) is 4.99. The van der Waals surface area contributed by atoms with E-state index in [1.165, 1.54) is 37.7 Å². The molecule has 1 heteroatoms. The highest BCUT2D eigenvalue weighted by molar-refractivity contribution is 5.42. The minimum absolute atomic E-state index is 0.145. The van der Waals surface area contributed by atoms with Gasteiger partial charge in [-0.2, -0.15) is 0 Å². The van der Waals surface area contributed by atoms with Crippen molar-refractivity contribution in [2.75, 3.05) is 0 Å². The molecule has 0 saturated heterocycles. The Morgan fingerprint density at radius 1 is 1.00 bits per heavy atom. The highest BCUT2D eigenvalue weighted by atomic mass is 14.9. The van der Waals surface area contributed by atoms with Gasteiger partial charge < -0.3 is 5.73 Å². The van der Waals surface area contributed by atoms with E-state index < -0.39 is 0 Å². The monoisotopic (exact) mass is 187 g/mol. The maximum atomic E-state index is 6.42. The number of fused-ring (bicyclic) bond motifs is 1. The standard InChI is InChI=1S/C13H17N/c14-13-9-5-4-8-12(13,10-13)11-6-2-1-3-7-11/h1-3,6-7H,4-5,8-10,14H2/t12-,13+/m0/s1. The van der Waals surface area contributed by atoms with Crippen LogP contribution in [-0.2, 0) is 5.41 Å². The third-order valence-corrected chi connectivity index (χ3v) is 4.25. The Kier molecular flexibility index (Phi) is 1.58. The van der Waals surface area contributed by atoms with E-state index in [0.717, 1.165) is 0 Å². The lowest BCUT2D eigenvalue weighted by Crippen LogP contribution is -2.35. The maximum Gasteiger partial charge on any atom is 0.0262 e. The average molecular weight is 187 g/mol. The van der Waals surface area contributed by atoms with Gasteiger partial charge >= 0.3 is 0 Å². The van der Waals surface area contributed by atoms with Crippen LogP contribution in [0.2, 0.25) is 0 Å². The molecule has 0 unspecified atom stereocenters. The first kappa shape index (κ1) is 8.49. The molecule has 1 aromatic carbocycles. The lowest BCUT2D eigenvalue weighted by molar-refractivity contribution is 0.384. The molecule has 2 N–H and O–H groups in total. The van der Waals surface area contributed by atoms with Crippen LogP contribution in [0.4, 0.5) is 0 Å². The van der Waals surface area contributed by atoms with E-state index in [-0.39, 0.29) is 5.54 Å². The van der Waals surface area contributed by atoms with E-state index in [4.69, 9.17) is 5.73 Å². The van der Waals surface area contributed by atoms with E-state index in [1.54, 1.807) is 0 Å². The molecule has 0 amide bonds. The summed E-state index contributed by atoms with van der Waals surface area (Å²) in [7, 11) is 0. The van der Waals surface area contributed by atoms with Crippen molar-refractivity contribution in [2.24, 2.45) is 5.73 Å². The second kappa shape index (κ2) is 2.60. The Morgan fingerprint density at radius 3 is 2.43 bits per heavy atom. The van der Waals surface area contributed by atoms with E-state index in [9.17, 15) is 0 Å². The fourth-order valence-electron chi connectivity index (χ4n) is 3.32. The smallest absolute Gasteiger partial charge is 0.0262 e. The molecule has 0 heterocycles. The number of hydrogen-bond donors (Lipinski definition) is 1. The van der Waals surface area contributed by atoms with E-state index >= 15 is 0 Å². The van der Waals surface area contributed by atoms with Crippen molar-refractivity contribution in [3.63, 3.8) is 0 Å². The molecule has 1 aromatic rings. The molecule has 2 aliphatic carbocycles. The summed E-state index contributed by atoms with van der Waals surface area (Å²) in [5.41, 5.74) is 8.39. The Balaban J connectivity index is 1.99. The molecule has 0 aliphatic heterocycles. The van der Waals surface area contributed by atoms with Gasteiger partial charge in [-0.25, -0.2) is 0 Å². The minimum atomic E-state index is 0.145. The topological polar surface area (TPSA) is 26.0 Å². The van der Waals surface area contributed by atoms with E-state index in [1.807, 2.05) is 0 Å². The summed E-state index contributed by atoms with van der Waals surface area (Å²) < 4.78 is 0. The van der Waals surface area contributed by atoms with Gasteiger partial charge in [0.05, 0.1) is 0 Å². The lowest BCUT2D eigenvalue weighted by Gasteiger charge is -2.28. The van der Waals surface area contributed by atoms with E-state index in [0.29, 0.717) is 5.41 Å². The number of benzene rings is 1. The third kappa shape index (κ3) is 0.936. The number of nitrogens with two attached hydrogens (primary N) is 1. The van der Waals surface area contributed by atoms with Gasteiger partial charge in [0.15, 0.2) is 0 Å². The lowest BCUT2D eigenvalue weighted by atomic mass is 9.80. The number of hydrogen-bond acceptors (Lipinski definition) is 1. The fraction of sp³-hybridized carbons (Fsp3) is 0.538. The molecule has 1 nitrogen and oxygen atoms in total. The zero-order valence-corrected chi connectivity index (χ0v) is 8.50. The van der Waals surface area contributed by atoms with Gasteiger partial charge in [-0.05, 0) is 24.8 Å². The van der Waals surface area contributed by atoms with Crippen molar-refractivity contribution in [2.45, 2.75) is 43.1 Å². The van der Waals surface area contributed by atoms with Crippen LogP contribution >= 0.6 is 0 Å². The molecule has 2 atom stereocenters. The molecule has 2 aliphatic rings. The Bertz CT molecular complexity index is 342. The van der Waals surface area contributed by atoms with E-state index in [2.05, 4.69) is 30.3 Å². The van der Waals surface area contributed by atoms with Gasteiger partial charge in [0, 0.05) is 11.0 Å². The number of rotatable bonds is 1. The molecular formula is C13H17N. The van der Waals surface area contributed by atoms with Crippen LogP contribution in [0.25, 0.3) is 0 Å².